The second kappa shape index (κ2) is 8.81. The second-order valence-electron chi connectivity index (χ2n) is 5.71. The summed E-state index contributed by atoms with van der Waals surface area (Å²) in [5, 5.41) is 19.2. The number of carbonyl (C=O) groups is 1. The smallest absolute Gasteiger partial charge is 0.293 e. The summed E-state index contributed by atoms with van der Waals surface area (Å²) in [6.07, 6.45) is 4.77. The number of anilines is 1. The van der Waals surface area contributed by atoms with Crippen LogP contribution in [0.2, 0.25) is 0 Å². The lowest BCUT2D eigenvalue weighted by Gasteiger charge is -2.18. The Kier molecular flexibility index (Phi) is 6.01. The molecule has 3 N–H and O–H groups in total. The van der Waals surface area contributed by atoms with Crippen LogP contribution in [0.15, 0.2) is 34.3 Å². The maximum atomic E-state index is 12.6. The van der Waals surface area contributed by atoms with E-state index in [1.54, 1.807) is 24.5 Å². The molecule has 12 heteroatoms. The van der Waals surface area contributed by atoms with Crippen molar-refractivity contribution >= 4 is 17.9 Å². The number of carbonyl (C=O) groups excluding carboxylic acids is 1. The number of nitrogens with two attached hydrogens (primary N) is 1. The highest BCUT2D eigenvalue weighted by molar-refractivity contribution is 5.94. The predicted octanol–water partition coefficient (Wildman–Crippen LogP) is 0.233. The van der Waals surface area contributed by atoms with Gasteiger partial charge < -0.3 is 5.73 Å². The first-order chi connectivity index (χ1) is 13.6. The van der Waals surface area contributed by atoms with Crippen molar-refractivity contribution in [2.24, 2.45) is 5.10 Å². The van der Waals surface area contributed by atoms with Crippen LogP contribution in [0, 0.1) is 0 Å². The highest BCUT2D eigenvalue weighted by atomic mass is 16.6. The van der Waals surface area contributed by atoms with Gasteiger partial charge in [-0.1, -0.05) is 19.1 Å². The van der Waals surface area contributed by atoms with Crippen molar-refractivity contribution in [1.82, 2.24) is 40.6 Å². The third-order valence-electron chi connectivity index (χ3n) is 4.03. The van der Waals surface area contributed by atoms with Gasteiger partial charge in [-0.2, -0.15) is 9.78 Å². The summed E-state index contributed by atoms with van der Waals surface area (Å²) in [5.74, 6) is -0.281. The highest BCUT2D eigenvalue weighted by Crippen LogP contribution is 2.17. The normalized spacial score (nSPS) is 11.4. The Hall–Kier alpha value is -3.67. The Bertz CT molecular complexity index is 946. The second-order valence-corrected chi connectivity index (χ2v) is 5.71. The van der Waals surface area contributed by atoms with Crippen molar-refractivity contribution in [3.63, 3.8) is 0 Å². The van der Waals surface area contributed by atoms with Crippen molar-refractivity contribution < 1.29 is 9.42 Å². The molecule has 0 saturated heterocycles. The number of nitrogen functional groups attached to an aromatic ring is 1. The summed E-state index contributed by atoms with van der Waals surface area (Å²) in [5.41, 5.74) is 9.63. The maximum Gasteiger partial charge on any atom is 0.293 e. The molecule has 3 heterocycles. The average Bonchev–Trinajstić information content (AvgIpc) is 3.32. The number of aromatic nitrogens is 6. The lowest BCUT2D eigenvalue weighted by atomic mass is 10.2. The Labute approximate surface area is 160 Å². The number of pyridine rings is 1. The third kappa shape index (κ3) is 4.17. The fourth-order valence-electron chi connectivity index (χ4n) is 2.45. The molecule has 0 aromatic carbocycles. The quantitative estimate of drug-likeness (QED) is 0.410. The van der Waals surface area contributed by atoms with E-state index >= 15 is 0 Å². The zero-order chi connectivity index (χ0) is 19.9. The van der Waals surface area contributed by atoms with Gasteiger partial charge in [-0.15, -0.1) is 5.10 Å². The molecular formula is C16H20N10O2. The zero-order valence-corrected chi connectivity index (χ0v) is 15.5. The first-order valence-corrected chi connectivity index (χ1v) is 8.62. The topological polar surface area (TPSA) is 153 Å². The van der Waals surface area contributed by atoms with E-state index in [4.69, 9.17) is 5.73 Å². The van der Waals surface area contributed by atoms with E-state index < -0.39 is 5.91 Å². The van der Waals surface area contributed by atoms with E-state index in [9.17, 15) is 4.79 Å². The molecule has 0 fully saturated rings. The summed E-state index contributed by atoms with van der Waals surface area (Å²) in [6, 6.07) is 3.52. The molecule has 0 unspecified atom stereocenters. The Balaban J connectivity index is 1.87. The summed E-state index contributed by atoms with van der Waals surface area (Å²) in [6.45, 7) is 5.99. The van der Waals surface area contributed by atoms with E-state index in [0.717, 1.165) is 18.7 Å². The molecule has 0 radical (unpaired) electrons. The van der Waals surface area contributed by atoms with Gasteiger partial charge in [0.1, 0.15) is 0 Å². The molecule has 0 atom stereocenters. The average molecular weight is 384 g/mol. The Morgan fingerprint density at radius 3 is 2.71 bits per heavy atom. The van der Waals surface area contributed by atoms with Crippen molar-refractivity contribution in [2.45, 2.75) is 20.4 Å². The number of nitrogens with zero attached hydrogens (tertiary/aromatic N) is 8. The number of hydrogen-bond acceptors (Lipinski definition) is 10. The molecule has 28 heavy (non-hydrogen) atoms. The van der Waals surface area contributed by atoms with Gasteiger partial charge in [-0.25, -0.2) is 10.1 Å². The number of hydrogen-bond donors (Lipinski definition) is 2. The van der Waals surface area contributed by atoms with Gasteiger partial charge in [-0.3, -0.25) is 14.7 Å². The van der Waals surface area contributed by atoms with Crippen molar-refractivity contribution in [3.8, 4) is 5.82 Å². The molecule has 0 spiro atoms. The predicted molar refractivity (Wildman–Crippen MR) is 99.5 cm³/mol. The number of rotatable bonds is 8. The Morgan fingerprint density at radius 1 is 1.32 bits per heavy atom. The summed E-state index contributed by atoms with van der Waals surface area (Å²) in [4.78, 5) is 18.6. The molecule has 3 aromatic rings. The number of hydrazone groups is 1. The van der Waals surface area contributed by atoms with Gasteiger partial charge in [0.15, 0.2) is 5.69 Å². The first kappa shape index (κ1) is 19.1. The monoisotopic (exact) mass is 384 g/mol. The molecule has 3 aromatic heterocycles. The Morgan fingerprint density at radius 2 is 2.07 bits per heavy atom. The van der Waals surface area contributed by atoms with Crippen LogP contribution < -0.4 is 11.2 Å². The van der Waals surface area contributed by atoms with Crippen LogP contribution in [0.1, 0.15) is 35.6 Å². The lowest BCUT2D eigenvalue weighted by Crippen LogP contribution is -2.27. The van der Waals surface area contributed by atoms with Gasteiger partial charge in [0.25, 0.3) is 5.91 Å². The molecule has 0 aliphatic rings. The summed E-state index contributed by atoms with van der Waals surface area (Å²) in [7, 11) is 0. The molecule has 1 amide bonds. The molecule has 0 saturated carbocycles. The van der Waals surface area contributed by atoms with Crippen LogP contribution in [0.4, 0.5) is 5.82 Å². The first-order valence-electron chi connectivity index (χ1n) is 8.62. The van der Waals surface area contributed by atoms with Gasteiger partial charge in [0.2, 0.25) is 11.6 Å². The van der Waals surface area contributed by atoms with Crippen LogP contribution in [0.5, 0.6) is 0 Å². The summed E-state index contributed by atoms with van der Waals surface area (Å²) >= 11 is 0. The summed E-state index contributed by atoms with van der Waals surface area (Å²) < 4.78 is 5.99. The van der Waals surface area contributed by atoms with Crippen LogP contribution in [-0.4, -0.2) is 60.4 Å². The lowest BCUT2D eigenvalue weighted by molar-refractivity contribution is 0.0948. The van der Waals surface area contributed by atoms with E-state index in [-0.39, 0.29) is 17.3 Å². The molecule has 0 aliphatic heterocycles. The number of amides is 1. The fraction of sp³-hybridized carbons (Fsp3) is 0.312. The van der Waals surface area contributed by atoms with Crippen molar-refractivity contribution in [2.75, 3.05) is 18.8 Å². The van der Waals surface area contributed by atoms with Gasteiger partial charge in [0.05, 0.1) is 11.9 Å². The van der Waals surface area contributed by atoms with E-state index in [1.165, 1.54) is 10.9 Å². The van der Waals surface area contributed by atoms with Crippen LogP contribution in [0.25, 0.3) is 5.82 Å². The molecule has 3 rings (SSSR count). The molecule has 0 bridgehead atoms. The SMILES string of the molecule is CCN(CC)Cc1c(C(=O)N/N=C\c2ccncc2)nnn1-c1nonc1N. The van der Waals surface area contributed by atoms with Gasteiger partial charge in [-0.05, 0) is 41.1 Å². The maximum absolute atomic E-state index is 12.6. The minimum Gasteiger partial charge on any atom is -0.378 e. The standard InChI is InChI=1S/C16H20N10O2/c1-3-25(4-2)10-12-13(20-24-26(12)15-14(17)22-28-23-15)16(27)21-19-9-11-5-7-18-8-6-11/h5-9H,3-4,10H2,1-2H3,(H2,17,22)(H,21,27)/b19-9-. The van der Waals surface area contributed by atoms with E-state index in [1.807, 2.05) is 13.8 Å². The molecule has 146 valence electrons. The molecule has 0 aliphatic carbocycles. The molecular weight excluding hydrogens is 364 g/mol. The van der Waals surface area contributed by atoms with Crippen molar-refractivity contribution in [1.29, 1.82) is 0 Å². The van der Waals surface area contributed by atoms with Crippen LogP contribution in [0.3, 0.4) is 0 Å². The van der Waals surface area contributed by atoms with E-state index in [0.29, 0.717) is 12.2 Å². The minimum absolute atomic E-state index is 0.0494. The van der Waals surface area contributed by atoms with Crippen LogP contribution >= 0.6 is 0 Å². The highest BCUT2D eigenvalue weighted by Gasteiger charge is 2.24. The number of nitrogens with one attached hydrogen (secondary N) is 1. The zero-order valence-electron chi connectivity index (χ0n) is 15.5. The van der Waals surface area contributed by atoms with Crippen molar-refractivity contribution in [3.05, 3.63) is 41.5 Å². The minimum atomic E-state index is -0.506. The van der Waals surface area contributed by atoms with Gasteiger partial charge in [0, 0.05) is 18.9 Å². The molecule has 12 nitrogen and oxygen atoms in total. The fourth-order valence-corrected chi connectivity index (χ4v) is 2.45. The largest absolute Gasteiger partial charge is 0.378 e. The van der Waals surface area contributed by atoms with Crippen LogP contribution in [-0.2, 0) is 6.54 Å². The van der Waals surface area contributed by atoms with E-state index in [2.05, 4.69) is 45.7 Å². The van der Waals surface area contributed by atoms with Gasteiger partial charge >= 0.3 is 0 Å². The third-order valence-corrected chi connectivity index (χ3v) is 4.03.